The summed E-state index contributed by atoms with van der Waals surface area (Å²) in [6.07, 6.45) is -9.19. The molecule has 0 N–H and O–H groups in total. The molecule has 0 bridgehead atoms. The first-order valence-corrected chi connectivity index (χ1v) is 6.42. The van der Waals surface area contributed by atoms with E-state index in [1.54, 1.807) is 6.07 Å². The zero-order valence-electron chi connectivity index (χ0n) is 11.8. The quantitative estimate of drug-likeness (QED) is 0.490. The summed E-state index contributed by atoms with van der Waals surface area (Å²) in [5, 5.41) is 8.67. The van der Waals surface area contributed by atoms with Crippen molar-refractivity contribution in [3.63, 3.8) is 0 Å². The standard InChI is InChI=1S/C17H7F6N/c18-16(19,20)14-7-3-11(4-8-14)1-5-13-6-2-12(10-24)9-15(13)17(21,22)23/h2-4,6-9H. The number of nitriles is 1. The minimum atomic E-state index is -4.70. The molecule has 24 heavy (non-hydrogen) atoms. The Kier molecular flexibility index (Phi) is 4.57. The molecule has 0 aliphatic heterocycles. The molecule has 0 amide bonds. The fourth-order valence-electron chi connectivity index (χ4n) is 1.84. The Morgan fingerprint density at radius 3 is 1.79 bits per heavy atom. The third-order valence-corrected chi connectivity index (χ3v) is 3.01. The van der Waals surface area contributed by atoms with Crippen LogP contribution in [-0.4, -0.2) is 0 Å². The van der Waals surface area contributed by atoms with Crippen LogP contribution in [-0.2, 0) is 12.4 Å². The Balaban J connectivity index is 2.39. The third-order valence-electron chi connectivity index (χ3n) is 3.01. The first-order valence-electron chi connectivity index (χ1n) is 6.42. The minimum absolute atomic E-state index is 0.139. The van der Waals surface area contributed by atoms with E-state index in [0.717, 1.165) is 30.3 Å². The topological polar surface area (TPSA) is 23.8 Å². The minimum Gasteiger partial charge on any atom is -0.192 e. The Hall–Kier alpha value is -2.93. The molecule has 0 saturated carbocycles. The zero-order valence-corrected chi connectivity index (χ0v) is 11.8. The Labute approximate surface area is 133 Å². The van der Waals surface area contributed by atoms with Crippen LogP contribution in [0.4, 0.5) is 26.3 Å². The highest BCUT2D eigenvalue weighted by molar-refractivity contribution is 5.50. The van der Waals surface area contributed by atoms with Gasteiger partial charge in [0, 0.05) is 11.1 Å². The molecule has 0 saturated heterocycles. The number of halogens is 6. The van der Waals surface area contributed by atoms with E-state index in [9.17, 15) is 26.3 Å². The van der Waals surface area contributed by atoms with E-state index in [-0.39, 0.29) is 16.7 Å². The van der Waals surface area contributed by atoms with Gasteiger partial charge in [-0.25, -0.2) is 0 Å². The van der Waals surface area contributed by atoms with Crippen LogP contribution in [0.2, 0.25) is 0 Å². The molecule has 0 heterocycles. The second kappa shape index (κ2) is 6.29. The first-order chi connectivity index (χ1) is 11.1. The van der Waals surface area contributed by atoms with E-state index in [2.05, 4.69) is 11.8 Å². The number of alkyl halides is 6. The molecule has 0 radical (unpaired) electrons. The second-order valence-corrected chi connectivity index (χ2v) is 4.70. The maximum atomic E-state index is 13.0. The van der Waals surface area contributed by atoms with Gasteiger partial charge in [0.25, 0.3) is 0 Å². The van der Waals surface area contributed by atoms with Gasteiger partial charge in [0.2, 0.25) is 0 Å². The number of rotatable bonds is 0. The normalized spacial score (nSPS) is 11.4. The van der Waals surface area contributed by atoms with Crippen LogP contribution in [0.25, 0.3) is 0 Å². The van der Waals surface area contributed by atoms with E-state index in [0.29, 0.717) is 6.07 Å². The van der Waals surface area contributed by atoms with Crippen LogP contribution in [0.15, 0.2) is 42.5 Å². The van der Waals surface area contributed by atoms with Crippen molar-refractivity contribution in [3.8, 4) is 17.9 Å². The predicted octanol–water partition coefficient (Wildman–Crippen LogP) is 5.00. The van der Waals surface area contributed by atoms with Crippen molar-refractivity contribution in [2.24, 2.45) is 0 Å². The molecular weight excluding hydrogens is 332 g/mol. The van der Waals surface area contributed by atoms with Crippen LogP contribution >= 0.6 is 0 Å². The smallest absolute Gasteiger partial charge is 0.192 e. The molecule has 0 fully saturated rings. The molecule has 2 aromatic carbocycles. The van der Waals surface area contributed by atoms with Crippen molar-refractivity contribution in [1.29, 1.82) is 5.26 Å². The summed E-state index contributed by atoms with van der Waals surface area (Å²) in [5.74, 6) is 4.67. The maximum absolute atomic E-state index is 13.0. The van der Waals surface area contributed by atoms with Crippen molar-refractivity contribution in [1.82, 2.24) is 0 Å². The molecule has 122 valence electrons. The fraction of sp³-hybridized carbons (Fsp3) is 0.118. The molecule has 0 aliphatic carbocycles. The molecule has 7 heteroatoms. The molecule has 0 spiro atoms. The SMILES string of the molecule is N#Cc1ccc(C#Cc2ccc(C(F)(F)F)cc2)c(C(F)(F)F)c1. The van der Waals surface area contributed by atoms with Gasteiger partial charge in [-0.05, 0) is 42.5 Å². The van der Waals surface area contributed by atoms with Crippen LogP contribution in [0.5, 0.6) is 0 Å². The molecule has 0 aliphatic rings. The second-order valence-electron chi connectivity index (χ2n) is 4.70. The van der Waals surface area contributed by atoms with Gasteiger partial charge in [-0.2, -0.15) is 31.6 Å². The van der Waals surface area contributed by atoms with Gasteiger partial charge in [0.05, 0.1) is 22.8 Å². The maximum Gasteiger partial charge on any atom is 0.417 e. The van der Waals surface area contributed by atoms with Crippen LogP contribution in [0.3, 0.4) is 0 Å². The van der Waals surface area contributed by atoms with Crippen molar-refractivity contribution in [2.45, 2.75) is 12.4 Å². The summed E-state index contributed by atoms with van der Waals surface area (Å²) in [5.41, 5.74) is -2.33. The van der Waals surface area contributed by atoms with Crippen molar-refractivity contribution < 1.29 is 26.3 Å². The lowest BCUT2D eigenvalue weighted by Crippen LogP contribution is -2.08. The number of benzene rings is 2. The van der Waals surface area contributed by atoms with Crippen molar-refractivity contribution >= 4 is 0 Å². The molecule has 0 unspecified atom stereocenters. The van der Waals surface area contributed by atoms with Gasteiger partial charge in [0.1, 0.15) is 0 Å². The highest BCUT2D eigenvalue weighted by atomic mass is 19.4. The molecule has 2 aromatic rings. The number of hydrogen-bond donors (Lipinski definition) is 0. The zero-order chi connectivity index (χ0) is 18.0. The van der Waals surface area contributed by atoms with E-state index >= 15 is 0 Å². The summed E-state index contributed by atoms with van der Waals surface area (Å²) < 4.78 is 76.2. The average molecular weight is 339 g/mol. The fourth-order valence-corrected chi connectivity index (χ4v) is 1.84. The summed E-state index contributed by atoms with van der Waals surface area (Å²) >= 11 is 0. The molecule has 0 atom stereocenters. The van der Waals surface area contributed by atoms with E-state index < -0.39 is 23.5 Å². The average Bonchev–Trinajstić information content (AvgIpc) is 2.51. The van der Waals surface area contributed by atoms with Crippen molar-refractivity contribution in [2.75, 3.05) is 0 Å². The molecule has 2 rings (SSSR count). The van der Waals surface area contributed by atoms with E-state index in [1.807, 2.05) is 0 Å². The van der Waals surface area contributed by atoms with Gasteiger partial charge in [-0.1, -0.05) is 11.8 Å². The Bertz CT molecular complexity index is 842. The Morgan fingerprint density at radius 1 is 0.708 bits per heavy atom. The Morgan fingerprint density at radius 2 is 1.29 bits per heavy atom. The van der Waals surface area contributed by atoms with E-state index in [1.165, 1.54) is 6.07 Å². The van der Waals surface area contributed by atoms with Gasteiger partial charge < -0.3 is 0 Å². The summed E-state index contributed by atoms with van der Waals surface area (Å²) in [6.45, 7) is 0. The van der Waals surface area contributed by atoms with E-state index in [4.69, 9.17) is 5.26 Å². The van der Waals surface area contributed by atoms with Gasteiger partial charge in [-0.3, -0.25) is 0 Å². The highest BCUT2D eigenvalue weighted by Gasteiger charge is 2.33. The van der Waals surface area contributed by atoms with Gasteiger partial charge in [0.15, 0.2) is 0 Å². The highest BCUT2D eigenvalue weighted by Crippen LogP contribution is 2.32. The monoisotopic (exact) mass is 339 g/mol. The van der Waals surface area contributed by atoms with Crippen molar-refractivity contribution in [3.05, 3.63) is 70.3 Å². The summed E-state index contributed by atoms with van der Waals surface area (Å²) in [6, 6.07) is 8.27. The summed E-state index contributed by atoms with van der Waals surface area (Å²) in [7, 11) is 0. The molecule has 0 aromatic heterocycles. The lowest BCUT2D eigenvalue weighted by atomic mass is 10.0. The lowest BCUT2D eigenvalue weighted by molar-refractivity contribution is -0.138. The predicted molar refractivity (Wildman–Crippen MR) is 73.6 cm³/mol. The first kappa shape index (κ1) is 17.4. The molecule has 1 nitrogen and oxygen atoms in total. The largest absolute Gasteiger partial charge is 0.417 e. The number of nitrogens with zero attached hydrogens (tertiary/aromatic N) is 1. The lowest BCUT2D eigenvalue weighted by Gasteiger charge is -2.09. The summed E-state index contributed by atoms with van der Waals surface area (Å²) in [4.78, 5) is 0. The number of hydrogen-bond acceptors (Lipinski definition) is 1. The van der Waals surface area contributed by atoms with Crippen LogP contribution in [0.1, 0.15) is 27.8 Å². The molecular formula is C17H7F6N. The van der Waals surface area contributed by atoms with Crippen LogP contribution < -0.4 is 0 Å². The van der Waals surface area contributed by atoms with Gasteiger partial charge >= 0.3 is 12.4 Å². The van der Waals surface area contributed by atoms with Crippen LogP contribution in [0, 0.1) is 23.2 Å². The third kappa shape index (κ3) is 4.08. The van der Waals surface area contributed by atoms with Gasteiger partial charge in [-0.15, -0.1) is 0 Å².